The zero-order valence-corrected chi connectivity index (χ0v) is 12.9. The van der Waals surface area contributed by atoms with Crippen LogP contribution in [0.4, 0.5) is 0 Å². The highest BCUT2D eigenvalue weighted by molar-refractivity contribution is 7.89. The van der Waals surface area contributed by atoms with Gasteiger partial charge in [0.15, 0.2) is 0 Å². The summed E-state index contributed by atoms with van der Waals surface area (Å²) in [6, 6.07) is 5.13. The normalized spacial score (nSPS) is 11.5. The standard InChI is InChI=1S/C13H20N2O2S2/c1-10-6-7-12(9-11(10)2)19(16,17)15-8-4-3-5-13(14)18/h6-7,9,15H,3-5,8H2,1-2H3,(H2,14,18). The third-order valence-electron chi connectivity index (χ3n) is 2.93. The summed E-state index contributed by atoms with van der Waals surface area (Å²) in [5, 5.41) is 0. The van der Waals surface area contributed by atoms with Crippen molar-refractivity contribution in [3.63, 3.8) is 0 Å². The van der Waals surface area contributed by atoms with Crippen molar-refractivity contribution in [3.05, 3.63) is 29.3 Å². The van der Waals surface area contributed by atoms with Crippen molar-refractivity contribution in [2.24, 2.45) is 5.73 Å². The van der Waals surface area contributed by atoms with Gasteiger partial charge in [-0.15, -0.1) is 0 Å². The van der Waals surface area contributed by atoms with Gasteiger partial charge < -0.3 is 5.73 Å². The predicted octanol–water partition coefficient (Wildman–Crippen LogP) is 2.04. The molecule has 1 aromatic carbocycles. The Morgan fingerprint density at radius 2 is 1.95 bits per heavy atom. The van der Waals surface area contributed by atoms with Crippen molar-refractivity contribution in [3.8, 4) is 0 Å². The van der Waals surface area contributed by atoms with E-state index in [0.717, 1.165) is 24.0 Å². The molecule has 106 valence electrons. The summed E-state index contributed by atoms with van der Waals surface area (Å²) >= 11 is 4.76. The Labute approximate surface area is 120 Å². The molecule has 6 heteroatoms. The van der Waals surface area contributed by atoms with Crippen LogP contribution in [-0.2, 0) is 10.0 Å². The van der Waals surface area contributed by atoms with Gasteiger partial charge in [-0.2, -0.15) is 0 Å². The number of aryl methyl sites for hydroxylation is 2. The number of sulfonamides is 1. The summed E-state index contributed by atoms with van der Waals surface area (Å²) in [7, 11) is -3.41. The molecule has 0 atom stereocenters. The van der Waals surface area contributed by atoms with Gasteiger partial charge in [0.05, 0.1) is 9.88 Å². The van der Waals surface area contributed by atoms with Crippen molar-refractivity contribution in [1.29, 1.82) is 0 Å². The van der Waals surface area contributed by atoms with Crippen LogP contribution in [0.1, 0.15) is 30.4 Å². The van der Waals surface area contributed by atoms with Crippen LogP contribution in [0.2, 0.25) is 0 Å². The van der Waals surface area contributed by atoms with E-state index < -0.39 is 10.0 Å². The Morgan fingerprint density at radius 3 is 2.53 bits per heavy atom. The zero-order valence-electron chi connectivity index (χ0n) is 11.3. The van der Waals surface area contributed by atoms with Crippen LogP contribution in [0.5, 0.6) is 0 Å². The molecule has 0 heterocycles. The number of nitrogens with one attached hydrogen (secondary N) is 1. The molecular weight excluding hydrogens is 280 g/mol. The summed E-state index contributed by atoms with van der Waals surface area (Å²) in [5.74, 6) is 0. The van der Waals surface area contributed by atoms with Gasteiger partial charge in [-0.1, -0.05) is 18.3 Å². The molecule has 0 saturated heterocycles. The first-order valence-corrected chi connectivity index (χ1v) is 8.07. The van der Waals surface area contributed by atoms with E-state index in [9.17, 15) is 8.42 Å². The lowest BCUT2D eigenvalue weighted by molar-refractivity contribution is 0.577. The van der Waals surface area contributed by atoms with Crippen molar-refractivity contribution >= 4 is 27.2 Å². The maximum absolute atomic E-state index is 12.0. The largest absolute Gasteiger partial charge is 0.393 e. The first-order chi connectivity index (χ1) is 8.83. The molecule has 0 fully saturated rings. The number of hydrogen-bond donors (Lipinski definition) is 2. The van der Waals surface area contributed by atoms with E-state index in [1.165, 1.54) is 0 Å². The van der Waals surface area contributed by atoms with Gasteiger partial charge in [-0.3, -0.25) is 0 Å². The van der Waals surface area contributed by atoms with Gasteiger partial charge >= 0.3 is 0 Å². The Morgan fingerprint density at radius 1 is 1.26 bits per heavy atom. The molecule has 0 bridgehead atoms. The van der Waals surface area contributed by atoms with Crippen LogP contribution >= 0.6 is 12.2 Å². The SMILES string of the molecule is Cc1ccc(S(=O)(=O)NCCCCC(N)=S)cc1C. The maximum Gasteiger partial charge on any atom is 0.240 e. The van der Waals surface area contributed by atoms with Gasteiger partial charge in [-0.05, 0) is 56.4 Å². The summed E-state index contributed by atoms with van der Waals surface area (Å²) in [6.07, 6.45) is 2.17. The second kappa shape index (κ2) is 6.98. The van der Waals surface area contributed by atoms with Crippen molar-refractivity contribution in [2.75, 3.05) is 6.54 Å². The fourth-order valence-corrected chi connectivity index (χ4v) is 2.90. The number of nitrogens with two attached hydrogens (primary N) is 1. The van der Waals surface area contributed by atoms with Gasteiger partial charge in [0.2, 0.25) is 10.0 Å². The summed E-state index contributed by atoms with van der Waals surface area (Å²) in [4.78, 5) is 0.780. The molecule has 0 amide bonds. The van der Waals surface area contributed by atoms with Gasteiger partial charge in [0, 0.05) is 6.54 Å². The van der Waals surface area contributed by atoms with Gasteiger partial charge in [-0.25, -0.2) is 13.1 Å². The molecule has 0 saturated carbocycles. The highest BCUT2D eigenvalue weighted by Crippen LogP contribution is 2.14. The third kappa shape index (κ3) is 5.26. The minimum absolute atomic E-state index is 0.310. The number of rotatable bonds is 7. The van der Waals surface area contributed by atoms with Gasteiger partial charge in [0.1, 0.15) is 0 Å². The molecular formula is C13H20N2O2S2. The van der Waals surface area contributed by atoms with Crippen LogP contribution < -0.4 is 10.5 Å². The van der Waals surface area contributed by atoms with Gasteiger partial charge in [0.25, 0.3) is 0 Å². The molecule has 0 spiro atoms. The predicted molar refractivity (Wildman–Crippen MR) is 81.7 cm³/mol. The van der Waals surface area contributed by atoms with Crippen LogP contribution in [0.3, 0.4) is 0 Å². The first kappa shape index (κ1) is 16.1. The smallest absolute Gasteiger partial charge is 0.240 e. The average molecular weight is 300 g/mol. The fourth-order valence-electron chi connectivity index (χ4n) is 1.60. The van der Waals surface area contributed by atoms with E-state index >= 15 is 0 Å². The lowest BCUT2D eigenvalue weighted by Crippen LogP contribution is -2.25. The molecule has 0 radical (unpaired) electrons. The van der Waals surface area contributed by atoms with Crippen molar-refractivity contribution in [1.82, 2.24) is 4.72 Å². The molecule has 0 unspecified atom stereocenters. The van der Waals surface area contributed by atoms with E-state index in [1.54, 1.807) is 12.1 Å². The second-order valence-corrected chi connectivity index (χ2v) is 6.86. The maximum atomic E-state index is 12.0. The Kier molecular flexibility index (Phi) is 5.90. The topological polar surface area (TPSA) is 72.2 Å². The monoisotopic (exact) mass is 300 g/mol. The van der Waals surface area contributed by atoms with Crippen molar-refractivity contribution in [2.45, 2.75) is 38.0 Å². The molecule has 1 aromatic rings. The number of thiocarbonyl (C=S) groups is 1. The van der Waals surface area contributed by atoms with Crippen LogP contribution in [-0.4, -0.2) is 20.0 Å². The summed E-state index contributed by atoms with van der Waals surface area (Å²) in [5.41, 5.74) is 7.42. The number of benzene rings is 1. The molecule has 0 aromatic heterocycles. The lowest BCUT2D eigenvalue weighted by Gasteiger charge is -2.08. The second-order valence-electron chi connectivity index (χ2n) is 4.57. The Hall–Kier alpha value is -0.980. The Balaban J connectivity index is 2.56. The van der Waals surface area contributed by atoms with E-state index in [1.807, 2.05) is 19.9 Å². The molecule has 4 nitrogen and oxygen atoms in total. The van der Waals surface area contributed by atoms with E-state index in [2.05, 4.69) is 4.72 Å². The Bertz CT molecular complexity index is 554. The molecule has 19 heavy (non-hydrogen) atoms. The number of unbranched alkanes of at least 4 members (excludes halogenated alkanes) is 1. The summed E-state index contributed by atoms with van der Waals surface area (Å²) < 4.78 is 26.6. The van der Waals surface area contributed by atoms with Crippen LogP contribution in [0.25, 0.3) is 0 Å². The van der Waals surface area contributed by atoms with Crippen LogP contribution in [0, 0.1) is 13.8 Å². The average Bonchev–Trinajstić information content (AvgIpc) is 2.31. The molecule has 0 aliphatic heterocycles. The molecule has 0 aliphatic rings. The van der Waals surface area contributed by atoms with E-state index in [4.69, 9.17) is 18.0 Å². The van der Waals surface area contributed by atoms with Crippen molar-refractivity contribution < 1.29 is 8.42 Å². The quantitative estimate of drug-likeness (QED) is 0.597. The highest BCUT2D eigenvalue weighted by atomic mass is 32.2. The molecule has 0 aliphatic carbocycles. The minimum Gasteiger partial charge on any atom is -0.393 e. The number of hydrogen-bond acceptors (Lipinski definition) is 3. The van der Waals surface area contributed by atoms with E-state index in [-0.39, 0.29) is 0 Å². The van der Waals surface area contributed by atoms with Crippen LogP contribution in [0.15, 0.2) is 23.1 Å². The highest BCUT2D eigenvalue weighted by Gasteiger charge is 2.13. The minimum atomic E-state index is -3.41. The first-order valence-electron chi connectivity index (χ1n) is 6.18. The zero-order chi connectivity index (χ0) is 14.5. The lowest BCUT2D eigenvalue weighted by atomic mass is 10.1. The van der Waals surface area contributed by atoms with E-state index in [0.29, 0.717) is 22.8 Å². The fraction of sp³-hybridized carbons (Fsp3) is 0.462. The molecule has 3 N–H and O–H groups in total. The summed E-state index contributed by atoms with van der Waals surface area (Å²) in [6.45, 7) is 4.25. The third-order valence-corrected chi connectivity index (χ3v) is 4.59. The molecule has 1 rings (SSSR count).